The molecule has 2 N–H and O–H groups in total. The molecule has 106 valence electrons. The summed E-state index contributed by atoms with van der Waals surface area (Å²) >= 11 is 1.66. The van der Waals surface area contributed by atoms with E-state index in [4.69, 9.17) is 5.73 Å². The number of benzene rings is 1. The Labute approximate surface area is 115 Å². The van der Waals surface area contributed by atoms with Crippen LogP contribution < -0.4 is 5.73 Å². The van der Waals surface area contributed by atoms with Gasteiger partial charge in [0.1, 0.15) is 16.4 Å². The second-order valence-electron chi connectivity index (χ2n) is 4.32. The van der Waals surface area contributed by atoms with E-state index in [9.17, 15) is 17.2 Å². The number of hydrogen-bond acceptors (Lipinski definition) is 4. The first-order valence-corrected chi connectivity index (χ1v) is 8.18. The van der Waals surface area contributed by atoms with E-state index in [1.54, 1.807) is 11.8 Å². The number of anilines is 1. The van der Waals surface area contributed by atoms with E-state index in [0.717, 1.165) is 12.1 Å². The maximum Gasteiger partial charge on any atom is 0.246 e. The van der Waals surface area contributed by atoms with Crippen LogP contribution in [0.3, 0.4) is 0 Å². The topological polar surface area (TPSA) is 63.4 Å². The molecule has 0 aliphatic carbocycles. The Morgan fingerprint density at radius 1 is 1.42 bits per heavy atom. The molecule has 1 heterocycles. The second kappa shape index (κ2) is 5.26. The van der Waals surface area contributed by atoms with E-state index >= 15 is 0 Å². The van der Waals surface area contributed by atoms with Gasteiger partial charge in [-0.15, -0.1) is 0 Å². The number of hydrogen-bond donors (Lipinski definition) is 1. The minimum absolute atomic E-state index is 0.143. The Bertz CT molecular complexity index is 593. The van der Waals surface area contributed by atoms with E-state index < -0.39 is 32.2 Å². The van der Waals surface area contributed by atoms with Crippen LogP contribution in [0.4, 0.5) is 14.5 Å². The van der Waals surface area contributed by atoms with Crippen LogP contribution in [0, 0.1) is 11.6 Å². The molecule has 1 unspecified atom stereocenters. The van der Waals surface area contributed by atoms with Gasteiger partial charge in [0, 0.05) is 24.1 Å². The quantitative estimate of drug-likeness (QED) is 0.844. The first-order valence-electron chi connectivity index (χ1n) is 5.69. The summed E-state index contributed by atoms with van der Waals surface area (Å²) in [5.41, 5.74) is 4.44. The molecule has 1 atom stereocenters. The zero-order chi connectivity index (χ0) is 14.2. The lowest BCUT2D eigenvalue weighted by atomic mass is 10.3. The van der Waals surface area contributed by atoms with Crippen molar-refractivity contribution in [3.05, 3.63) is 23.8 Å². The van der Waals surface area contributed by atoms with Gasteiger partial charge in [-0.05, 0) is 12.1 Å². The molecule has 1 aliphatic heterocycles. The number of rotatable bonds is 2. The molecule has 0 bridgehead atoms. The van der Waals surface area contributed by atoms with Crippen molar-refractivity contribution in [1.82, 2.24) is 4.31 Å². The van der Waals surface area contributed by atoms with Crippen molar-refractivity contribution < 1.29 is 17.2 Å². The highest BCUT2D eigenvalue weighted by Crippen LogP contribution is 2.28. The highest BCUT2D eigenvalue weighted by atomic mass is 32.2. The normalized spacial score (nSPS) is 21.5. The molecule has 1 fully saturated rings. The molecule has 1 saturated heterocycles. The SMILES string of the molecule is CC1CN(S(=O)(=O)c2ccc(F)c(N)c2F)CCS1. The molecule has 0 spiro atoms. The van der Waals surface area contributed by atoms with E-state index in [1.807, 2.05) is 6.92 Å². The summed E-state index contributed by atoms with van der Waals surface area (Å²) in [7, 11) is -3.97. The summed E-state index contributed by atoms with van der Waals surface area (Å²) < 4.78 is 52.8. The average Bonchev–Trinajstić information content (AvgIpc) is 2.36. The molecule has 0 amide bonds. The predicted molar refractivity (Wildman–Crippen MR) is 71.4 cm³/mol. The van der Waals surface area contributed by atoms with Crippen LogP contribution in [0.2, 0.25) is 0 Å². The molecular weight excluding hydrogens is 294 g/mol. The molecule has 1 aliphatic rings. The van der Waals surface area contributed by atoms with Crippen LogP contribution in [-0.4, -0.2) is 36.8 Å². The van der Waals surface area contributed by atoms with E-state index in [0.29, 0.717) is 18.8 Å². The van der Waals surface area contributed by atoms with E-state index in [2.05, 4.69) is 0 Å². The Morgan fingerprint density at radius 2 is 2.11 bits per heavy atom. The summed E-state index contributed by atoms with van der Waals surface area (Å²) in [4.78, 5) is -0.564. The number of nitrogen functional groups attached to an aromatic ring is 1. The third-order valence-corrected chi connectivity index (χ3v) is 5.93. The highest BCUT2D eigenvalue weighted by molar-refractivity contribution is 8.00. The Balaban J connectivity index is 2.42. The Kier molecular flexibility index (Phi) is 4.03. The van der Waals surface area contributed by atoms with Gasteiger partial charge in [0.25, 0.3) is 0 Å². The first kappa shape index (κ1) is 14.5. The number of nitrogens with two attached hydrogens (primary N) is 1. The van der Waals surface area contributed by atoms with Crippen molar-refractivity contribution in [2.75, 3.05) is 24.6 Å². The molecular formula is C11H14F2N2O2S2. The fourth-order valence-corrected chi connectivity index (χ4v) is 4.72. The van der Waals surface area contributed by atoms with Gasteiger partial charge in [-0.3, -0.25) is 0 Å². The summed E-state index contributed by atoms with van der Waals surface area (Å²) in [5, 5.41) is 0.143. The molecule has 8 heteroatoms. The summed E-state index contributed by atoms with van der Waals surface area (Å²) in [6.07, 6.45) is 0. The maximum atomic E-state index is 13.8. The molecule has 1 aromatic carbocycles. The Hall–Kier alpha value is -0.860. The second-order valence-corrected chi connectivity index (χ2v) is 7.77. The summed E-state index contributed by atoms with van der Waals surface area (Å²) in [6, 6.07) is 1.79. The lowest BCUT2D eigenvalue weighted by molar-refractivity contribution is 0.420. The van der Waals surface area contributed by atoms with Crippen molar-refractivity contribution in [3.63, 3.8) is 0 Å². The number of halogens is 2. The van der Waals surface area contributed by atoms with Gasteiger partial charge in [-0.25, -0.2) is 17.2 Å². The maximum absolute atomic E-state index is 13.8. The van der Waals surface area contributed by atoms with Crippen LogP contribution in [0.15, 0.2) is 17.0 Å². The predicted octanol–water partition coefficient (Wildman–Crippen LogP) is 1.67. The smallest absolute Gasteiger partial charge is 0.246 e. The monoisotopic (exact) mass is 308 g/mol. The fourth-order valence-electron chi connectivity index (χ4n) is 1.89. The van der Waals surface area contributed by atoms with Crippen LogP contribution in [0.1, 0.15) is 6.92 Å². The largest absolute Gasteiger partial charge is 0.394 e. The number of sulfonamides is 1. The Morgan fingerprint density at radius 3 is 2.74 bits per heavy atom. The van der Waals surface area contributed by atoms with Gasteiger partial charge >= 0.3 is 0 Å². The number of thioether (sulfide) groups is 1. The molecule has 0 saturated carbocycles. The van der Waals surface area contributed by atoms with Crippen LogP contribution in [0.5, 0.6) is 0 Å². The van der Waals surface area contributed by atoms with Crippen molar-refractivity contribution in [2.24, 2.45) is 0 Å². The first-order chi connectivity index (χ1) is 8.84. The minimum atomic E-state index is -3.97. The molecule has 4 nitrogen and oxygen atoms in total. The van der Waals surface area contributed by atoms with E-state index in [1.165, 1.54) is 4.31 Å². The van der Waals surface area contributed by atoms with Gasteiger partial charge in [-0.2, -0.15) is 16.1 Å². The zero-order valence-electron chi connectivity index (χ0n) is 10.3. The third-order valence-electron chi connectivity index (χ3n) is 2.91. The van der Waals surface area contributed by atoms with Crippen LogP contribution in [-0.2, 0) is 10.0 Å². The molecule has 1 aromatic rings. The third kappa shape index (κ3) is 2.70. The van der Waals surface area contributed by atoms with Crippen molar-refractivity contribution in [1.29, 1.82) is 0 Å². The molecule has 19 heavy (non-hydrogen) atoms. The van der Waals surface area contributed by atoms with Crippen LogP contribution >= 0.6 is 11.8 Å². The minimum Gasteiger partial charge on any atom is -0.394 e. The van der Waals surface area contributed by atoms with Crippen LogP contribution in [0.25, 0.3) is 0 Å². The van der Waals surface area contributed by atoms with Gasteiger partial charge in [0.15, 0.2) is 5.82 Å². The average molecular weight is 308 g/mol. The number of nitrogens with zero attached hydrogens (tertiary/aromatic N) is 1. The van der Waals surface area contributed by atoms with Gasteiger partial charge in [-0.1, -0.05) is 6.92 Å². The van der Waals surface area contributed by atoms with Crippen molar-refractivity contribution in [3.8, 4) is 0 Å². The van der Waals surface area contributed by atoms with Gasteiger partial charge < -0.3 is 5.73 Å². The fraction of sp³-hybridized carbons (Fsp3) is 0.455. The van der Waals surface area contributed by atoms with Crippen molar-refractivity contribution >= 4 is 27.5 Å². The molecule has 0 radical (unpaired) electrons. The van der Waals surface area contributed by atoms with E-state index in [-0.39, 0.29) is 5.25 Å². The lowest BCUT2D eigenvalue weighted by Crippen LogP contribution is -2.41. The van der Waals surface area contributed by atoms with Crippen molar-refractivity contribution in [2.45, 2.75) is 17.1 Å². The van der Waals surface area contributed by atoms with Gasteiger partial charge in [0.2, 0.25) is 10.0 Å². The zero-order valence-corrected chi connectivity index (χ0v) is 11.9. The lowest BCUT2D eigenvalue weighted by Gasteiger charge is -2.29. The summed E-state index contributed by atoms with van der Waals surface area (Å²) in [6.45, 7) is 2.53. The standard InChI is InChI=1S/C11H14F2N2O2S2/c1-7-6-15(4-5-18-7)19(16,17)9-3-2-8(12)11(14)10(9)13/h2-3,7H,4-6,14H2,1H3. The summed E-state index contributed by atoms with van der Waals surface area (Å²) in [5.74, 6) is -1.52. The molecule has 2 rings (SSSR count). The molecule has 0 aromatic heterocycles. The highest BCUT2D eigenvalue weighted by Gasteiger charge is 2.32. The van der Waals surface area contributed by atoms with Gasteiger partial charge in [0.05, 0.1) is 0 Å².